The Labute approximate surface area is 153 Å². The number of hydrogen-bond donors (Lipinski definition) is 0. The van der Waals surface area contributed by atoms with E-state index in [2.05, 4.69) is 26.0 Å². The van der Waals surface area contributed by atoms with Gasteiger partial charge in [-0.3, -0.25) is 4.79 Å². The number of nitrogens with zero attached hydrogens (tertiary/aromatic N) is 3. The number of benzene rings is 2. The van der Waals surface area contributed by atoms with Crippen molar-refractivity contribution in [1.82, 2.24) is 14.8 Å². The smallest absolute Gasteiger partial charge is 0.162 e. The fourth-order valence-corrected chi connectivity index (χ4v) is 3.12. The predicted molar refractivity (Wildman–Crippen MR) is 97.1 cm³/mol. The van der Waals surface area contributed by atoms with Gasteiger partial charge in [0.2, 0.25) is 0 Å². The van der Waals surface area contributed by atoms with Crippen LogP contribution in [-0.2, 0) is 17.8 Å². The molecule has 24 heavy (non-hydrogen) atoms. The number of ketones is 1. The summed E-state index contributed by atoms with van der Waals surface area (Å²) >= 11 is 9.43. The van der Waals surface area contributed by atoms with Crippen LogP contribution in [0.5, 0.6) is 0 Å². The van der Waals surface area contributed by atoms with Crippen molar-refractivity contribution in [2.24, 2.45) is 0 Å². The second-order valence-electron chi connectivity index (χ2n) is 5.50. The molecule has 2 aromatic carbocycles. The van der Waals surface area contributed by atoms with Crippen LogP contribution in [0.1, 0.15) is 17.0 Å². The molecule has 0 radical (unpaired) electrons. The summed E-state index contributed by atoms with van der Waals surface area (Å²) in [6, 6.07) is 15.5. The number of aromatic nitrogens is 3. The molecule has 0 aliphatic carbocycles. The molecule has 1 atom stereocenters. The van der Waals surface area contributed by atoms with E-state index in [9.17, 15) is 4.79 Å². The van der Waals surface area contributed by atoms with E-state index in [1.807, 2.05) is 48.5 Å². The fraction of sp³-hybridized carbons (Fsp3) is 0.167. The van der Waals surface area contributed by atoms with Crippen LogP contribution in [0.15, 0.2) is 65.7 Å². The van der Waals surface area contributed by atoms with Gasteiger partial charge in [0.1, 0.15) is 19.2 Å². The standard InChI is InChI=1S/C18H15BrClN3O/c19-15-3-1-2-14(9-15)17(8-13-4-6-16(20)7-5-13)18(24)10-23-12-21-11-22-23/h1-7,9,11-12,17H,8,10H2/t17-/m0/s1. The summed E-state index contributed by atoms with van der Waals surface area (Å²) in [5, 5.41) is 4.71. The molecular formula is C18H15BrClN3O. The van der Waals surface area contributed by atoms with Crippen molar-refractivity contribution >= 4 is 33.3 Å². The number of carbonyl (C=O) groups excluding carboxylic acids is 1. The van der Waals surface area contributed by atoms with E-state index < -0.39 is 0 Å². The Morgan fingerprint density at radius 2 is 2.00 bits per heavy atom. The van der Waals surface area contributed by atoms with Crippen molar-refractivity contribution in [3.05, 3.63) is 81.8 Å². The number of hydrogen-bond acceptors (Lipinski definition) is 3. The minimum atomic E-state index is -0.257. The molecule has 1 aromatic heterocycles. The monoisotopic (exact) mass is 403 g/mol. The van der Waals surface area contributed by atoms with Crippen LogP contribution < -0.4 is 0 Å². The molecule has 0 bridgehead atoms. The summed E-state index contributed by atoms with van der Waals surface area (Å²) in [6.45, 7) is 0.199. The molecule has 3 rings (SSSR count). The van der Waals surface area contributed by atoms with Crippen LogP contribution in [0.25, 0.3) is 0 Å². The number of rotatable bonds is 6. The zero-order valence-corrected chi connectivity index (χ0v) is 15.1. The number of carbonyl (C=O) groups is 1. The maximum Gasteiger partial charge on any atom is 0.162 e. The summed E-state index contributed by atoms with van der Waals surface area (Å²) in [4.78, 5) is 16.8. The lowest BCUT2D eigenvalue weighted by atomic mass is 9.88. The lowest BCUT2D eigenvalue weighted by Gasteiger charge is -2.17. The van der Waals surface area contributed by atoms with Crippen molar-refractivity contribution in [2.45, 2.75) is 18.9 Å². The van der Waals surface area contributed by atoms with Gasteiger partial charge in [0.25, 0.3) is 0 Å². The van der Waals surface area contributed by atoms with Crippen molar-refractivity contribution < 1.29 is 4.79 Å². The Kier molecular flexibility index (Phi) is 5.43. The van der Waals surface area contributed by atoms with E-state index in [-0.39, 0.29) is 18.2 Å². The van der Waals surface area contributed by atoms with Crippen LogP contribution in [0.3, 0.4) is 0 Å². The maximum absolute atomic E-state index is 12.9. The molecule has 0 amide bonds. The van der Waals surface area contributed by atoms with Crippen LogP contribution in [-0.4, -0.2) is 20.5 Å². The Morgan fingerprint density at radius 1 is 1.21 bits per heavy atom. The summed E-state index contributed by atoms with van der Waals surface area (Å²) in [6.07, 6.45) is 3.60. The van der Waals surface area contributed by atoms with E-state index in [0.29, 0.717) is 11.4 Å². The van der Waals surface area contributed by atoms with Gasteiger partial charge >= 0.3 is 0 Å². The lowest BCUT2D eigenvalue weighted by Crippen LogP contribution is -2.21. The number of Topliss-reactive ketones (excluding diaryl/α,β-unsaturated/α-hetero) is 1. The normalized spacial score (nSPS) is 12.1. The molecule has 4 nitrogen and oxygen atoms in total. The lowest BCUT2D eigenvalue weighted by molar-refractivity contribution is -0.121. The molecule has 1 heterocycles. The third kappa shape index (κ3) is 4.30. The maximum atomic E-state index is 12.9. The molecule has 0 unspecified atom stereocenters. The van der Waals surface area contributed by atoms with E-state index in [1.165, 1.54) is 6.33 Å². The van der Waals surface area contributed by atoms with E-state index in [1.54, 1.807) is 11.0 Å². The first-order valence-corrected chi connectivity index (χ1v) is 8.64. The second-order valence-corrected chi connectivity index (χ2v) is 6.85. The van der Waals surface area contributed by atoms with Gasteiger partial charge in [-0.2, -0.15) is 5.10 Å². The summed E-state index contributed by atoms with van der Waals surface area (Å²) in [5.41, 5.74) is 2.04. The molecule has 0 fully saturated rings. The van der Waals surface area contributed by atoms with Gasteiger partial charge in [-0.15, -0.1) is 0 Å². The molecule has 6 heteroatoms. The zero-order valence-electron chi connectivity index (χ0n) is 12.8. The summed E-state index contributed by atoms with van der Waals surface area (Å²) < 4.78 is 2.50. The van der Waals surface area contributed by atoms with Gasteiger partial charge in [-0.1, -0.05) is 51.8 Å². The summed E-state index contributed by atoms with van der Waals surface area (Å²) in [7, 11) is 0. The highest BCUT2D eigenvalue weighted by Crippen LogP contribution is 2.26. The SMILES string of the molecule is O=C(Cn1cncn1)[C@@H](Cc1ccc(Cl)cc1)c1cccc(Br)c1. The average molecular weight is 405 g/mol. The second kappa shape index (κ2) is 7.73. The average Bonchev–Trinajstić information content (AvgIpc) is 3.07. The summed E-state index contributed by atoms with van der Waals surface area (Å²) in [5.74, 6) is -0.165. The first-order chi connectivity index (χ1) is 11.6. The van der Waals surface area contributed by atoms with Gasteiger partial charge in [0.05, 0.1) is 0 Å². The van der Waals surface area contributed by atoms with Crippen molar-refractivity contribution in [3.8, 4) is 0 Å². The highest BCUT2D eigenvalue weighted by molar-refractivity contribution is 9.10. The third-order valence-corrected chi connectivity index (χ3v) is 4.52. The van der Waals surface area contributed by atoms with Gasteiger partial charge < -0.3 is 0 Å². The zero-order chi connectivity index (χ0) is 16.9. The van der Waals surface area contributed by atoms with Crippen LogP contribution in [0, 0.1) is 0 Å². The number of halogens is 2. The largest absolute Gasteiger partial charge is 0.297 e. The van der Waals surface area contributed by atoms with Gasteiger partial charge in [-0.05, 0) is 41.8 Å². The molecule has 0 N–H and O–H groups in total. The van der Waals surface area contributed by atoms with Crippen molar-refractivity contribution in [1.29, 1.82) is 0 Å². The molecule has 0 saturated carbocycles. The topological polar surface area (TPSA) is 47.8 Å². The van der Waals surface area contributed by atoms with E-state index in [4.69, 9.17) is 11.6 Å². The molecule has 0 spiro atoms. The fourth-order valence-electron chi connectivity index (χ4n) is 2.58. The molecular weight excluding hydrogens is 390 g/mol. The predicted octanol–water partition coefficient (Wildman–Crippen LogP) is 4.29. The van der Waals surface area contributed by atoms with Crippen LogP contribution in [0.2, 0.25) is 5.02 Å². The molecule has 0 aliphatic rings. The highest BCUT2D eigenvalue weighted by Gasteiger charge is 2.22. The molecule has 0 aliphatic heterocycles. The Bertz CT molecular complexity index is 819. The molecule has 122 valence electrons. The van der Waals surface area contributed by atoms with Crippen molar-refractivity contribution in [3.63, 3.8) is 0 Å². The van der Waals surface area contributed by atoms with Gasteiger partial charge in [0, 0.05) is 15.4 Å². The molecule has 3 aromatic rings. The van der Waals surface area contributed by atoms with E-state index >= 15 is 0 Å². The van der Waals surface area contributed by atoms with Crippen LogP contribution >= 0.6 is 27.5 Å². The Balaban J connectivity index is 1.87. The van der Waals surface area contributed by atoms with Gasteiger partial charge in [-0.25, -0.2) is 9.67 Å². The minimum Gasteiger partial charge on any atom is -0.297 e. The highest BCUT2D eigenvalue weighted by atomic mass is 79.9. The van der Waals surface area contributed by atoms with E-state index in [0.717, 1.165) is 15.6 Å². The Morgan fingerprint density at radius 3 is 2.67 bits per heavy atom. The van der Waals surface area contributed by atoms with Gasteiger partial charge in [0.15, 0.2) is 5.78 Å². The quantitative estimate of drug-likeness (QED) is 0.616. The van der Waals surface area contributed by atoms with Crippen molar-refractivity contribution in [2.75, 3.05) is 0 Å². The first kappa shape index (κ1) is 16.9. The molecule has 0 saturated heterocycles. The minimum absolute atomic E-state index is 0.0913. The Hall–Kier alpha value is -1.98. The first-order valence-electron chi connectivity index (χ1n) is 7.47. The third-order valence-electron chi connectivity index (χ3n) is 3.78. The van der Waals surface area contributed by atoms with Crippen LogP contribution in [0.4, 0.5) is 0 Å².